The van der Waals surface area contributed by atoms with E-state index in [0.29, 0.717) is 17.3 Å². The minimum Gasteiger partial charge on any atom is -0.465 e. The second-order valence-corrected chi connectivity index (χ2v) is 6.70. The summed E-state index contributed by atoms with van der Waals surface area (Å²) in [6.07, 6.45) is 6.66. The van der Waals surface area contributed by atoms with E-state index in [4.69, 9.17) is 4.42 Å². The van der Waals surface area contributed by atoms with E-state index < -0.39 is 5.91 Å². The zero-order valence-electron chi connectivity index (χ0n) is 15.4. The molecule has 3 aromatic heterocycles. The average Bonchev–Trinajstić information content (AvgIpc) is 3.45. The summed E-state index contributed by atoms with van der Waals surface area (Å²) >= 11 is 1.52. The van der Waals surface area contributed by atoms with Gasteiger partial charge in [0.05, 0.1) is 23.2 Å². The number of pyridine rings is 1. The fourth-order valence-electron chi connectivity index (χ4n) is 2.62. The average molecular weight is 404 g/mol. The van der Waals surface area contributed by atoms with Crippen LogP contribution in [0.4, 0.5) is 5.69 Å². The molecule has 0 aliphatic carbocycles. The summed E-state index contributed by atoms with van der Waals surface area (Å²) in [5.41, 5.74) is 1.55. The highest BCUT2D eigenvalue weighted by Gasteiger charge is 2.20. The van der Waals surface area contributed by atoms with Gasteiger partial charge in [-0.15, -0.1) is 16.9 Å². The van der Waals surface area contributed by atoms with Crippen LogP contribution in [0.5, 0.6) is 0 Å². The van der Waals surface area contributed by atoms with E-state index in [1.54, 1.807) is 30.5 Å². The van der Waals surface area contributed by atoms with Crippen LogP contribution in [0.15, 0.2) is 76.5 Å². The van der Waals surface area contributed by atoms with Gasteiger partial charge in [-0.3, -0.25) is 4.79 Å². The molecule has 3 heterocycles. The van der Waals surface area contributed by atoms with E-state index in [1.165, 1.54) is 22.7 Å². The monoisotopic (exact) mass is 404 g/mol. The number of carbonyl (C=O) groups excluding carboxylic acids is 1. The third kappa shape index (κ3) is 4.25. The highest BCUT2D eigenvalue weighted by molar-refractivity contribution is 7.98. The summed E-state index contributed by atoms with van der Waals surface area (Å²) in [5, 5.41) is 15.6. The highest BCUT2D eigenvalue weighted by Crippen LogP contribution is 2.22. The fraction of sp³-hybridized carbons (Fsp3) is 0.0500. The lowest BCUT2D eigenvalue weighted by molar-refractivity contribution is -0.111. The molecule has 4 aromatic rings. The third-order valence-electron chi connectivity index (χ3n) is 3.99. The van der Waals surface area contributed by atoms with Crippen molar-refractivity contribution in [3.05, 3.63) is 72.8 Å². The van der Waals surface area contributed by atoms with E-state index in [-0.39, 0.29) is 5.70 Å². The van der Waals surface area contributed by atoms with Crippen LogP contribution in [0.2, 0.25) is 0 Å². The molecular weight excluding hydrogens is 388 g/mol. The van der Waals surface area contributed by atoms with Crippen LogP contribution in [0, 0.1) is 0 Å². The van der Waals surface area contributed by atoms with Crippen LogP contribution in [0.1, 0.15) is 5.76 Å². The summed E-state index contributed by atoms with van der Waals surface area (Å²) in [5.74, 6) is 0.541. The maximum Gasteiger partial charge on any atom is 0.274 e. The van der Waals surface area contributed by atoms with Crippen LogP contribution < -0.4 is 5.32 Å². The zero-order chi connectivity index (χ0) is 20.1. The highest BCUT2D eigenvalue weighted by atomic mass is 32.2. The molecule has 0 spiro atoms. The molecule has 0 atom stereocenters. The van der Waals surface area contributed by atoms with Crippen molar-refractivity contribution in [2.24, 2.45) is 0 Å². The number of anilines is 1. The second-order valence-electron chi connectivity index (χ2n) is 5.87. The Morgan fingerprint density at radius 2 is 2.00 bits per heavy atom. The molecule has 4 rings (SSSR count). The number of aromatic nitrogens is 5. The molecule has 0 radical (unpaired) electrons. The predicted octanol–water partition coefficient (Wildman–Crippen LogP) is 3.69. The maximum absolute atomic E-state index is 13.1. The first kappa shape index (κ1) is 18.6. The van der Waals surface area contributed by atoms with Crippen LogP contribution >= 0.6 is 11.8 Å². The molecule has 0 bridgehead atoms. The van der Waals surface area contributed by atoms with Gasteiger partial charge in [0.2, 0.25) is 0 Å². The van der Waals surface area contributed by atoms with Gasteiger partial charge in [0.25, 0.3) is 5.91 Å². The molecule has 1 aromatic carbocycles. The van der Waals surface area contributed by atoms with E-state index >= 15 is 0 Å². The van der Waals surface area contributed by atoms with Gasteiger partial charge in [0.1, 0.15) is 11.5 Å². The number of thioether (sulfide) groups is 1. The molecule has 29 heavy (non-hydrogen) atoms. The number of carbonyl (C=O) groups is 1. The standard InChI is InChI=1S/C20H16N6O2S/c1-29-18-10-9-15(13-21-18)22-20(27)17(12-16-8-5-11-28-16)26-19(23-24-25-26)14-6-3-2-4-7-14/h2-13H,1H3,(H,22,27)/b17-12+. The van der Waals surface area contributed by atoms with Gasteiger partial charge in [0, 0.05) is 11.6 Å². The Bertz CT molecular complexity index is 1120. The van der Waals surface area contributed by atoms with Crippen molar-refractivity contribution in [2.45, 2.75) is 5.03 Å². The zero-order valence-corrected chi connectivity index (χ0v) is 16.2. The van der Waals surface area contributed by atoms with Gasteiger partial charge in [-0.2, -0.15) is 4.68 Å². The number of amides is 1. The predicted molar refractivity (Wildman–Crippen MR) is 111 cm³/mol. The number of nitrogens with one attached hydrogen (secondary N) is 1. The summed E-state index contributed by atoms with van der Waals surface area (Å²) in [4.78, 5) is 17.4. The van der Waals surface area contributed by atoms with Gasteiger partial charge in [-0.1, -0.05) is 30.3 Å². The maximum atomic E-state index is 13.1. The molecule has 0 aliphatic rings. The van der Waals surface area contributed by atoms with Gasteiger partial charge in [-0.05, 0) is 40.9 Å². The summed E-state index contributed by atoms with van der Waals surface area (Å²) in [6.45, 7) is 0. The van der Waals surface area contributed by atoms with Crippen molar-refractivity contribution in [1.82, 2.24) is 25.2 Å². The topological polar surface area (TPSA) is 98.7 Å². The Labute approximate surface area is 170 Å². The first-order valence-corrected chi connectivity index (χ1v) is 9.88. The summed E-state index contributed by atoms with van der Waals surface area (Å²) in [7, 11) is 0. The number of nitrogens with zero attached hydrogens (tertiary/aromatic N) is 5. The van der Waals surface area contributed by atoms with Crippen molar-refractivity contribution < 1.29 is 9.21 Å². The Hall–Kier alpha value is -3.72. The molecule has 0 unspecified atom stereocenters. The van der Waals surface area contributed by atoms with Crippen molar-refractivity contribution >= 4 is 35.1 Å². The molecular formula is C20H16N6O2S. The second kappa shape index (κ2) is 8.53. The smallest absolute Gasteiger partial charge is 0.274 e. The van der Waals surface area contributed by atoms with E-state index in [0.717, 1.165) is 10.6 Å². The normalized spacial score (nSPS) is 11.4. The van der Waals surface area contributed by atoms with Gasteiger partial charge >= 0.3 is 0 Å². The van der Waals surface area contributed by atoms with E-state index in [1.807, 2.05) is 42.7 Å². The van der Waals surface area contributed by atoms with Crippen molar-refractivity contribution in [3.63, 3.8) is 0 Å². The van der Waals surface area contributed by atoms with Gasteiger partial charge in [-0.25, -0.2) is 4.98 Å². The van der Waals surface area contributed by atoms with Crippen molar-refractivity contribution in [3.8, 4) is 11.4 Å². The minimum atomic E-state index is -0.399. The lowest BCUT2D eigenvalue weighted by Crippen LogP contribution is -2.19. The SMILES string of the molecule is CSc1ccc(NC(=O)/C(=C\c2ccco2)n2nnnc2-c2ccccc2)cn1. The van der Waals surface area contributed by atoms with Crippen LogP contribution in [0.25, 0.3) is 23.2 Å². The van der Waals surface area contributed by atoms with Crippen molar-refractivity contribution in [1.29, 1.82) is 0 Å². The molecule has 0 fully saturated rings. The lowest BCUT2D eigenvalue weighted by atomic mass is 10.2. The Balaban J connectivity index is 1.72. The van der Waals surface area contributed by atoms with Gasteiger partial charge in [0.15, 0.2) is 5.82 Å². The number of rotatable bonds is 6. The molecule has 1 N–H and O–H groups in total. The summed E-state index contributed by atoms with van der Waals surface area (Å²) < 4.78 is 6.77. The fourth-order valence-corrected chi connectivity index (χ4v) is 2.98. The first-order valence-electron chi connectivity index (χ1n) is 8.65. The molecule has 8 nitrogen and oxygen atoms in total. The number of hydrogen-bond donors (Lipinski definition) is 1. The van der Waals surface area contributed by atoms with Crippen LogP contribution in [-0.4, -0.2) is 37.4 Å². The Morgan fingerprint density at radius 3 is 2.69 bits per heavy atom. The molecule has 0 saturated carbocycles. The Morgan fingerprint density at radius 1 is 1.14 bits per heavy atom. The number of tetrazole rings is 1. The molecule has 0 saturated heterocycles. The van der Waals surface area contributed by atoms with E-state index in [9.17, 15) is 4.79 Å². The van der Waals surface area contributed by atoms with Gasteiger partial charge < -0.3 is 9.73 Å². The van der Waals surface area contributed by atoms with Crippen LogP contribution in [-0.2, 0) is 4.79 Å². The largest absolute Gasteiger partial charge is 0.465 e. The minimum absolute atomic E-state index is 0.206. The first-order chi connectivity index (χ1) is 14.2. The molecule has 9 heteroatoms. The molecule has 144 valence electrons. The van der Waals surface area contributed by atoms with Crippen LogP contribution in [0.3, 0.4) is 0 Å². The number of furan rings is 1. The molecule has 0 aliphatic heterocycles. The Kier molecular flexibility index (Phi) is 5.48. The third-order valence-corrected chi connectivity index (χ3v) is 4.65. The quantitative estimate of drug-likeness (QED) is 0.386. The van der Waals surface area contributed by atoms with E-state index in [2.05, 4.69) is 25.8 Å². The lowest BCUT2D eigenvalue weighted by Gasteiger charge is -2.10. The number of hydrogen-bond acceptors (Lipinski definition) is 7. The van der Waals surface area contributed by atoms with Crippen molar-refractivity contribution in [2.75, 3.05) is 11.6 Å². The number of benzene rings is 1. The molecule has 1 amide bonds. The summed E-state index contributed by atoms with van der Waals surface area (Å²) in [6, 6.07) is 16.5.